The summed E-state index contributed by atoms with van der Waals surface area (Å²) in [6, 6.07) is 1.90. The molecule has 0 radical (unpaired) electrons. The number of carbonyl (C=O) groups excluding carboxylic acids is 1. The number of hydrogen-bond acceptors (Lipinski definition) is 5. The van der Waals surface area contributed by atoms with Crippen molar-refractivity contribution < 1.29 is 13.9 Å². The Kier molecular flexibility index (Phi) is 5.31. The number of nitrogens with zero attached hydrogens (tertiary/aromatic N) is 5. The van der Waals surface area contributed by atoms with Crippen LogP contribution in [0.3, 0.4) is 0 Å². The van der Waals surface area contributed by atoms with E-state index in [-0.39, 0.29) is 12.3 Å². The molecule has 1 amide bonds. The molecule has 0 saturated carbocycles. The number of alkyl halides is 1. The van der Waals surface area contributed by atoms with E-state index < -0.39 is 12.8 Å². The molecule has 0 N–H and O–H groups in total. The fraction of sp³-hybridized carbons (Fsp3) is 0.556. The summed E-state index contributed by atoms with van der Waals surface area (Å²) in [6.45, 7) is 8.18. The number of hydrogen-bond donors (Lipinski definition) is 0. The van der Waals surface area contributed by atoms with Crippen LogP contribution in [0, 0.1) is 27.7 Å². The van der Waals surface area contributed by atoms with Crippen molar-refractivity contribution in [2.75, 3.05) is 26.4 Å². The molecule has 26 heavy (non-hydrogen) atoms. The van der Waals surface area contributed by atoms with Crippen LogP contribution in [0.5, 0.6) is 0 Å². The second kappa shape index (κ2) is 7.49. The number of ether oxygens (including phenoxy) is 1. The van der Waals surface area contributed by atoms with E-state index in [4.69, 9.17) is 4.74 Å². The first-order valence-electron chi connectivity index (χ1n) is 8.72. The van der Waals surface area contributed by atoms with Gasteiger partial charge in [0.2, 0.25) is 5.91 Å². The molecular weight excluding hydrogens is 337 g/mol. The van der Waals surface area contributed by atoms with Gasteiger partial charge in [0.15, 0.2) is 0 Å². The average Bonchev–Trinajstić information content (AvgIpc) is 2.89. The van der Waals surface area contributed by atoms with Gasteiger partial charge in [0.05, 0.1) is 18.7 Å². The molecule has 1 fully saturated rings. The Balaban J connectivity index is 1.83. The van der Waals surface area contributed by atoms with Crippen LogP contribution in [0.15, 0.2) is 6.07 Å². The standard InChI is InChI=1S/C18H24FN5O2/c1-11-7-12(2)21-18(20-11)24-14(4)16(13(3)22-24)8-17(25)23-5-6-26-15(9-19)10-23/h7,15H,5-6,8-10H2,1-4H3. The van der Waals surface area contributed by atoms with Gasteiger partial charge in [-0.05, 0) is 33.8 Å². The summed E-state index contributed by atoms with van der Waals surface area (Å²) in [5.41, 5.74) is 4.21. The highest BCUT2D eigenvalue weighted by atomic mass is 19.1. The second-order valence-electron chi connectivity index (χ2n) is 6.68. The predicted molar refractivity (Wildman–Crippen MR) is 94.1 cm³/mol. The van der Waals surface area contributed by atoms with Crippen LogP contribution >= 0.6 is 0 Å². The molecule has 7 nitrogen and oxygen atoms in total. The van der Waals surface area contributed by atoms with Crippen LogP contribution < -0.4 is 0 Å². The van der Waals surface area contributed by atoms with E-state index in [9.17, 15) is 9.18 Å². The first-order valence-corrected chi connectivity index (χ1v) is 8.72. The minimum Gasteiger partial charge on any atom is -0.372 e. The van der Waals surface area contributed by atoms with Crippen molar-refractivity contribution in [3.8, 4) is 5.95 Å². The van der Waals surface area contributed by atoms with Crippen LogP contribution in [-0.2, 0) is 16.0 Å². The van der Waals surface area contributed by atoms with Crippen LogP contribution in [0.4, 0.5) is 4.39 Å². The SMILES string of the molecule is Cc1cc(C)nc(-n2nc(C)c(CC(=O)N3CCOC(CF)C3)c2C)n1. The van der Waals surface area contributed by atoms with E-state index in [2.05, 4.69) is 15.1 Å². The summed E-state index contributed by atoms with van der Waals surface area (Å²) < 4.78 is 19.8. The zero-order valence-corrected chi connectivity index (χ0v) is 15.6. The van der Waals surface area contributed by atoms with Gasteiger partial charge in [-0.25, -0.2) is 19.0 Å². The van der Waals surface area contributed by atoms with Gasteiger partial charge in [-0.15, -0.1) is 0 Å². The van der Waals surface area contributed by atoms with Gasteiger partial charge in [-0.1, -0.05) is 0 Å². The van der Waals surface area contributed by atoms with E-state index in [0.29, 0.717) is 25.6 Å². The molecule has 0 aliphatic carbocycles. The third kappa shape index (κ3) is 3.75. The Morgan fingerprint density at radius 2 is 1.96 bits per heavy atom. The maximum Gasteiger partial charge on any atom is 0.251 e. The van der Waals surface area contributed by atoms with Crippen molar-refractivity contribution in [1.82, 2.24) is 24.6 Å². The molecule has 1 unspecified atom stereocenters. The van der Waals surface area contributed by atoms with Crippen LogP contribution in [-0.4, -0.2) is 63.0 Å². The molecule has 8 heteroatoms. The molecule has 1 aliphatic rings. The zero-order chi connectivity index (χ0) is 18.8. The molecule has 0 bridgehead atoms. The van der Waals surface area contributed by atoms with Gasteiger partial charge in [0, 0.05) is 35.7 Å². The summed E-state index contributed by atoms with van der Waals surface area (Å²) in [6.07, 6.45) is -0.303. The van der Waals surface area contributed by atoms with Crippen LogP contribution in [0.2, 0.25) is 0 Å². The Hall–Kier alpha value is -2.35. The van der Waals surface area contributed by atoms with Gasteiger partial charge in [-0.2, -0.15) is 5.10 Å². The topological polar surface area (TPSA) is 73.1 Å². The maximum absolute atomic E-state index is 12.8. The molecule has 3 rings (SSSR count). The normalized spacial score (nSPS) is 17.6. The molecule has 0 spiro atoms. The maximum atomic E-state index is 12.8. The number of carbonyl (C=O) groups is 1. The minimum atomic E-state index is -0.580. The monoisotopic (exact) mass is 361 g/mol. The van der Waals surface area contributed by atoms with Crippen molar-refractivity contribution in [3.05, 3.63) is 34.4 Å². The lowest BCUT2D eigenvalue weighted by Gasteiger charge is -2.31. The van der Waals surface area contributed by atoms with Crippen molar-refractivity contribution in [3.63, 3.8) is 0 Å². The fourth-order valence-corrected chi connectivity index (χ4v) is 3.23. The lowest BCUT2D eigenvalue weighted by atomic mass is 10.1. The molecule has 1 atom stereocenters. The summed E-state index contributed by atoms with van der Waals surface area (Å²) in [5, 5.41) is 4.53. The van der Waals surface area contributed by atoms with E-state index in [1.165, 1.54) is 0 Å². The van der Waals surface area contributed by atoms with Gasteiger partial charge in [0.1, 0.15) is 12.8 Å². The number of amides is 1. The third-order valence-corrected chi connectivity index (χ3v) is 4.59. The Labute approximate surface area is 152 Å². The fourth-order valence-electron chi connectivity index (χ4n) is 3.23. The van der Waals surface area contributed by atoms with Gasteiger partial charge in [0.25, 0.3) is 5.95 Å². The van der Waals surface area contributed by atoms with Crippen molar-refractivity contribution >= 4 is 5.91 Å². The van der Waals surface area contributed by atoms with Crippen LogP contribution in [0.25, 0.3) is 5.95 Å². The van der Waals surface area contributed by atoms with E-state index >= 15 is 0 Å². The predicted octanol–water partition coefficient (Wildman–Crippen LogP) is 1.64. The summed E-state index contributed by atoms with van der Waals surface area (Å²) in [4.78, 5) is 23.2. The van der Waals surface area contributed by atoms with Gasteiger partial charge >= 0.3 is 0 Å². The molecular formula is C18H24FN5O2. The third-order valence-electron chi connectivity index (χ3n) is 4.59. The van der Waals surface area contributed by atoms with Gasteiger partial charge in [-0.3, -0.25) is 4.79 Å². The summed E-state index contributed by atoms with van der Waals surface area (Å²) in [7, 11) is 0. The first-order chi connectivity index (χ1) is 12.4. The second-order valence-corrected chi connectivity index (χ2v) is 6.68. The molecule has 1 saturated heterocycles. The summed E-state index contributed by atoms with van der Waals surface area (Å²) in [5.74, 6) is 0.463. The quantitative estimate of drug-likeness (QED) is 0.828. The van der Waals surface area contributed by atoms with Crippen molar-refractivity contribution in [1.29, 1.82) is 0 Å². The number of aromatic nitrogens is 4. The minimum absolute atomic E-state index is 0.0427. The first kappa shape index (κ1) is 18.4. The highest BCUT2D eigenvalue weighted by Gasteiger charge is 2.26. The average molecular weight is 361 g/mol. The highest BCUT2D eigenvalue weighted by molar-refractivity contribution is 5.79. The number of rotatable bonds is 4. The molecule has 0 aromatic carbocycles. The molecule has 2 aromatic heterocycles. The highest BCUT2D eigenvalue weighted by Crippen LogP contribution is 2.19. The number of morpholine rings is 1. The van der Waals surface area contributed by atoms with Gasteiger partial charge < -0.3 is 9.64 Å². The lowest BCUT2D eigenvalue weighted by molar-refractivity contribution is -0.138. The number of halogens is 1. The molecule has 140 valence electrons. The summed E-state index contributed by atoms with van der Waals surface area (Å²) >= 11 is 0. The van der Waals surface area contributed by atoms with Crippen molar-refractivity contribution in [2.24, 2.45) is 0 Å². The Morgan fingerprint density at radius 3 is 2.62 bits per heavy atom. The molecule has 3 heterocycles. The zero-order valence-electron chi connectivity index (χ0n) is 15.6. The lowest BCUT2D eigenvalue weighted by Crippen LogP contribution is -2.47. The smallest absolute Gasteiger partial charge is 0.251 e. The molecule has 2 aromatic rings. The Bertz CT molecular complexity index is 800. The largest absolute Gasteiger partial charge is 0.372 e. The Morgan fingerprint density at radius 1 is 1.27 bits per heavy atom. The van der Waals surface area contributed by atoms with Crippen LogP contribution in [0.1, 0.15) is 28.3 Å². The van der Waals surface area contributed by atoms with E-state index in [1.807, 2.05) is 33.8 Å². The molecule has 1 aliphatic heterocycles. The van der Waals surface area contributed by atoms with E-state index in [1.54, 1.807) is 9.58 Å². The van der Waals surface area contributed by atoms with Crippen molar-refractivity contribution in [2.45, 2.75) is 40.2 Å². The van der Waals surface area contributed by atoms with E-state index in [0.717, 1.165) is 28.3 Å². The number of aryl methyl sites for hydroxylation is 3.